The standard InChI is InChI=1S/C16H17Br/c1-9-6-12-8-13-10-2-4-11(5-3-10)15(13)16(17)14(12)7-9/h6,8,10-11H,2-5,7H2,1H3. The Labute approximate surface area is 111 Å². The van der Waals surface area contributed by atoms with Crippen LogP contribution in [0.5, 0.6) is 0 Å². The average Bonchev–Trinajstić information content (AvgIpc) is 2.71. The van der Waals surface area contributed by atoms with Gasteiger partial charge in [0.2, 0.25) is 0 Å². The highest BCUT2D eigenvalue weighted by Gasteiger charge is 2.36. The quantitative estimate of drug-likeness (QED) is 0.618. The summed E-state index contributed by atoms with van der Waals surface area (Å²) in [5, 5.41) is 0. The number of halogens is 1. The summed E-state index contributed by atoms with van der Waals surface area (Å²) >= 11 is 3.91. The molecule has 0 spiro atoms. The molecule has 0 atom stereocenters. The summed E-state index contributed by atoms with van der Waals surface area (Å²) in [6, 6.07) is 2.50. The van der Waals surface area contributed by atoms with Gasteiger partial charge in [-0.3, -0.25) is 0 Å². The molecule has 0 aliphatic heterocycles. The third-order valence-corrected chi connectivity index (χ3v) is 5.81. The molecule has 5 rings (SSSR count). The predicted molar refractivity (Wildman–Crippen MR) is 75.4 cm³/mol. The Balaban J connectivity index is 1.98. The number of hydrogen-bond donors (Lipinski definition) is 0. The Hall–Kier alpha value is -0.560. The second-order valence-electron chi connectivity index (χ2n) is 5.98. The van der Waals surface area contributed by atoms with Crippen molar-refractivity contribution in [3.63, 3.8) is 0 Å². The van der Waals surface area contributed by atoms with E-state index in [2.05, 4.69) is 35.0 Å². The molecule has 0 heterocycles. The number of rotatable bonds is 0. The zero-order valence-electron chi connectivity index (χ0n) is 10.2. The maximum absolute atomic E-state index is 3.91. The minimum absolute atomic E-state index is 0.843. The van der Waals surface area contributed by atoms with E-state index in [1.807, 2.05) is 0 Å². The van der Waals surface area contributed by atoms with Gasteiger partial charge in [-0.2, -0.15) is 0 Å². The van der Waals surface area contributed by atoms with Gasteiger partial charge in [-0.25, -0.2) is 0 Å². The normalized spacial score (nSPS) is 28.9. The SMILES string of the molecule is CC1=Cc2cc3c(c(Br)c2C1)C1CCC3CC1. The lowest BCUT2D eigenvalue weighted by Crippen LogP contribution is -2.22. The van der Waals surface area contributed by atoms with Crippen molar-refractivity contribution in [3.05, 3.63) is 38.4 Å². The molecule has 1 saturated carbocycles. The highest BCUT2D eigenvalue weighted by Crippen LogP contribution is 2.53. The summed E-state index contributed by atoms with van der Waals surface area (Å²) in [6.45, 7) is 2.25. The van der Waals surface area contributed by atoms with Crippen molar-refractivity contribution in [1.82, 2.24) is 0 Å². The van der Waals surface area contributed by atoms with Crippen molar-refractivity contribution in [3.8, 4) is 0 Å². The third-order valence-electron chi connectivity index (χ3n) is 4.90. The van der Waals surface area contributed by atoms with E-state index in [1.54, 1.807) is 16.7 Å². The number of hydrogen-bond acceptors (Lipinski definition) is 0. The Morgan fingerprint density at radius 1 is 1.12 bits per heavy atom. The third kappa shape index (κ3) is 1.35. The molecule has 0 amide bonds. The van der Waals surface area contributed by atoms with Crippen LogP contribution >= 0.6 is 15.9 Å². The van der Waals surface area contributed by atoms with Gasteiger partial charge in [0.25, 0.3) is 0 Å². The molecule has 17 heavy (non-hydrogen) atoms. The molecule has 0 saturated heterocycles. The topological polar surface area (TPSA) is 0 Å². The van der Waals surface area contributed by atoms with E-state index in [9.17, 15) is 0 Å². The predicted octanol–water partition coefficient (Wildman–Crippen LogP) is 5.16. The molecule has 88 valence electrons. The molecule has 4 aliphatic rings. The Morgan fingerprint density at radius 2 is 1.82 bits per heavy atom. The van der Waals surface area contributed by atoms with Crippen LogP contribution in [0, 0.1) is 0 Å². The van der Waals surface area contributed by atoms with E-state index in [0.717, 1.165) is 18.3 Å². The highest BCUT2D eigenvalue weighted by atomic mass is 79.9. The molecule has 1 aromatic carbocycles. The molecule has 0 N–H and O–H groups in total. The zero-order chi connectivity index (χ0) is 11.6. The largest absolute Gasteiger partial charge is 0.0683 e. The number of fused-ring (bicyclic) bond motifs is 3. The van der Waals surface area contributed by atoms with Gasteiger partial charge in [-0.1, -0.05) is 33.6 Å². The molecule has 1 heteroatoms. The Morgan fingerprint density at radius 3 is 2.59 bits per heavy atom. The van der Waals surface area contributed by atoms with Gasteiger partial charge < -0.3 is 0 Å². The van der Waals surface area contributed by atoms with Crippen molar-refractivity contribution >= 4 is 22.0 Å². The second kappa shape index (κ2) is 3.47. The summed E-state index contributed by atoms with van der Waals surface area (Å²) in [6.07, 6.45) is 9.21. The van der Waals surface area contributed by atoms with Crippen LogP contribution in [0.1, 0.15) is 66.7 Å². The summed E-state index contributed by atoms with van der Waals surface area (Å²) in [5.74, 6) is 1.70. The van der Waals surface area contributed by atoms with E-state index < -0.39 is 0 Å². The lowest BCUT2D eigenvalue weighted by atomic mass is 9.66. The van der Waals surface area contributed by atoms with Gasteiger partial charge in [0, 0.05) is 4.47 Å². The van der Waals surface area contributed by atoms with Crippen LogP contribution in [0.4, 0.5) is 0 Å². The fourth-order valence-electron chi connectivity index (χ4n) is 4.10. The summed E-state index contributed by atoms with van der Waals surface area (Å²) in [4.78, 5) is 0. The summed E-state index contributed by atoms with van der Waals surface area (Å²) in [7, 11) is 0. The maximum atomic E-state index is 3.91. The van der Waals surface area contributed by atoms with Gasteiger partial charge in [0.05, 0.1) is 0 Å². The second-order valence-corrected chi connectivity index (χ2v) is 6.77. The van der Waals surface area contributed by atoms with Gasteiger partial charge >= 0.3 is 0 Å². The lowest BCUT2D eigenvalue weighted by Gasteiger charge is -2.39. The van der Waals surface area contributed by atoms with Gasteiger partial charge in [-0.15, -0.1) is 0 Å². The zero-order valence-corrected chi connectivity index (χ0v) is 11.8. The lowest BCUT2D eigenvalue weighted by molar-refractivity contribution is 0.357. The monoisotopic (exact) mass is 288 g/mol. The molecule has 1 aromatic rings. The molecule has 2 bridgehead atoms. The number of benzene rings is 1. The molecule has 0 radical (unpaired) electrons. The smallest absolute Gasteiger partial charge is 0.0254 e. The highest BCUT2D eigenvalue weighted by molar-refractivity contribution is 9.10. The number of allylic oxidation sites excluding steroid dienone is 1. The van der Waals surface area contributed by atoms with Crippen molar-refractivity contribution in [2.75, 3.05) is 0 Å². The van der Waals surface area contributed by atoms with Crippen LogP contribution in [-0.4, -0.2) is 0 Å². The van der Waals surface area contributed by atoms with Crippen LogP contribution in [0.25, 0.3) is 6.08 Å². The van der Waals surface area contributed by atoms with Crippen LogP contribution in [0.15, 0.2) is 16.1 Å². The van der Waals surface area contributed by atoms with E-state index >= 15 is 0 Å². The first kappa shape index (κ1) is 10.4. The first-order chi connectivity index (χ1) is 8.24. The van der Waals surface area contributed by atoms with Crippen molar-refractivity contribution in [2.24, 2.45) is 0 Å². The van der Waals surface area contributed by atoms with Crippen LogP contribution in [-0.2, 0) is 6.42 Å². The molecule has 4 aliphatic carbocycles. The fraction of sp³-hybridized carbons (Fsp3) is 0.500. The van der Waals surface area contributed by atoms with E-state index in [0.29, 0.717) is 0 Å². The van der Waals surface area contributed by atoms with Crippen molar-refractivity contribution in [2.45, 2.75) is 50.9 Å². The first-order valence-corrected chi connectivity index (χ1v) is 7.55. The molecule has 0 unspecified atom stereocenters. The Kier molecular flexibility index (Phi) is 2.12. The minimum atomic E-state index is 0.843. The molecular formula is C16H17Br. The molecular weight excluding hydrogens is 272 g/mol. The Bertz CT molecular complexity index is 531. The minimum Gasteiger partial charge on any atom is -0.0683 e. The first-order valence-electron chi connectivity index (χ1n) is 6.76. The average molecular weight is 289 g/mol. The van der Waals surface area contributed by atoms with Crippen molar-refractivity contribution in [1.29, 1.82) is 0 Å². The van der Waals surface area contributed by atoms with Crippen LogP contribution in [0.2, 0.25) is 0 Å². The van der Waals surface area contributed by atoms with Gasteiger partial charge in [0.1, 0.15) is 0 Å². The van der Waals surface area contributed by atoms with Crippen molar-refractivity contribution < 1.29 is 0 Å². The molecule has 0 aromatic heterocycles. The van der Waals surface area contributed by atoms with Gasteiger partial charge in [0.15, 0.2) is 0 Å². The van der Waals surface area contributed by atoms with E-state index in [1.165, 1.54) is 41.3 Å². The molecule has 1 fully saturated rings. The maximum Gasteiger partial charge on any atom is 0.0254 e. The van der Waals surface area contributed by atoms with Crippen LogP contribution < -0.4 is 0 Å². The van der Waals surface area contributed by atoms with E-state index in [4.69, 9.17) is 0 Å². The van der Waals surface area contributed by atoms with E-state index in [-0.39, 0.29) is 0 Å². The molecule has 0 nitrogen and oxygen atoms in total. The van der Waals surface area contributed by atoms with Gasteiger partial charge in [-0.05, 0) is 73.1 Å². The van der Waals surface area contributed by atoms with Crippen LogP contribution in [0.3, 0.4) is 0 Å². The summed E-state index contributed by atoms with van der Waals surface area (Å²) < 4.78 is 1.45. The fourth-order valence-corrected chi connectivity index (χ4v) is 5.02. The summed E-state index contributed by atoms with van der Waals surface area (Å²) in [5.41, 5.74) is 7.89.